The second kappa shape index (κ2) is 8.00. The Balaban J connectivity index is 1.49. The monoisotopic (exact) mass is 408 g/mol. The number of nitriles is 1. The van der Waals surface area contributed by atoms with E-state index in [0.29, 0.717) is 29.9 Å². The first-order valence-corrected chi connectivity index (χ1v) is 11.9. The lowest BCUT2D eigenvalue weighted by molar-refractivity contribution is -0.119. The molecule has 1 fully saturated rings. The van der Waals surface area contributed by atoms with Gasteiger partial charge in [0.25, 0.3) is 0 Å². The average molecular weight is 409 g/mol. The number of amides is 1. The Morgan fingerprint density at radius 3 is 2.34 bits per heavy atom. The minimum Gasteiger partial charge on any atom is -0.312 e. The SMILES string of the molecule is N#Cc1ccc(CS(=O)(=O)Cc2ccc3c(c2)CCC(=O)N3CC2CCC2)cc1. The molecule has 0 N–H and O–H groups in total. The van der Waals surface area contributed by atoms with Crippen LogP contribution in [0.3, 0.4) is 0 Å². The molecule has 2 aliphatic rings. The van der Waals surface area contributed by atoms with Crippen molar-refractivity contribution < 1.29 is 13.2 Å². The molecular formula is C23H24N2O3S. The van der Waals surface area contributed by atoms with Crippen LogP contribution in [-0.4, -0.2) is 20.9 Å². The van der Waals surface area contributed by atoms with Gasteiger partial charge in [-0.15, -0.1) is 0 Å². The van der Waals surface area contributed by atoms with Crippen LogP contribution in [0.2, 0.25) is 0 Å². The van der Waals surface area contributed by atoms with Crippen molar-refractivity contribution in [2.45, 2.75) is 43.6 Å². The number of nitrogens with zero attached hydrogens (tertiary/aromatic N) is 2. The topological polar surface area (TPSA) is 78.2 Å². The Morgan fingerprint density at radius 1 is 1.00 bits per heavy atom. The summed E-state index contributed by atoms with van der Waals surface area (Å²) in [6.07, 6.45) is 4.77. The maximum Gasteiger partial charge on any atom is 0.227 e. The van der Waals surface area contributed by atoms with Crippen molar-refractivity contribution in [3.8, 4) is 6.07 Å². The van der Waals surface area contributed by atoms with Gasteiger partial charge in [0.1, 0.15) is 0 Å². The highest BCUT2D eigenvalue weighted by Crippen LogP contribution is 2.34. The minimum atomic E-state index is -3.34. The van der Waals surface area contributed by atoms with Crippen LogP contribution < -0.4 is 4.90 Å². The van der Waals surface area contributed by atoms with Crippen molar-refractivity contribution in [3.05, 3.63) is 64.7 Å². The third-order valence-electron chi connectivity index (χ3n) is 5.87. The van der Waals surface area contributed by atoms with Gasteiger partial charge < -0.3 is 4.90 Å². The summed E-state index contributed by atoms with van der Waals surface area (Å²) in [6.45, 7) is 0.780. The largest absolute Gasteiger partial charge is 0.312 e. The summed E-state index contributed by atoms with van der Waals surface area (Å²) < 4.78 is 25.3. The molecule has 0 radical (unpaired) electrons. The number of hydrogen-bond acceptors (Lipinski definition) is 4. The van der Waals surface area contributed by atoms with Gasteiger partial charge in [0.2, 0.25) is 5.91 Å². The average Bonchev–Trinajstić information content (AvgIpc) is 2.66. The van der Waals surface area contributed by atoms with Gasteiger partial charge in [0, 0.05) is 18.7 Å². The highest BCUT2D eigenvalue weighted by atomic mass is 32.2. The van der Waals surface area contributed by atoms with Crippen LogP contribution in [0.15, 0.2) is 42.5 Å². The third-order valence-corrected chi connectivity index (χ3v) is 7.41. The molecule has 2 aromatic rings. The van der Waals surface area contributed by atoms with Crippen LogP contribution in [0, 0.1) is 17.2 Å². The van der Waals surface area contributed by atoms with Gasteiger partial charge in [-0.25, -0.2) is 8.42 Å². The van der Waals surface area contributed by atoms with E-state index in [2.05, 4.69) is 0 Å². The number of hydrogen-bond donors (Lipinski definition) is 0. The smallest absolute Gasteiger partial charge is 0.227 e. The number of carbonyl (C=O) groups excluding carboxylic acids is 1. The number of sulfone groups is 1. The fourth-order valence-electron chi connectivity index (χ4n) is 4.07. The van der Waals surface area contributed by atoms with Crippen LogP contribution in [0.4, 0.5) is 5.69 Å². The van der Waals surface area contributed by atoms with Crippen LogP contribution in [0.25, 0.3) is 0 Å². The Labute approximate surface area is 171 Å². The molecule has 0 spiro atoms. The van der Waals surface area contributed by atoms with E-state index in [4.69, 9.17) is 5.26 Å². The highest BCUT2D eigenvalue weighted by molar-refractivity contribution is 7.89. The molecule has 4 rings (SSSR count). The summed E-state index contributed by atoms with van der Waals surface area (Å²) in [5.74, 6) is 0.682. The van der Waals surface area contributed by atoms with Gasteiger partial charge in [-0.3, -0.25) is 4.79 Å². The normalized spacial score (nSPS) is 16.8. The lowest BCUT2D eigenvalue weighted by atomic mass is 9.84. The molecule has 6 heteroatoms. The summed E-state index contributed by atoms with van der Waals surface area (Å²) in [7, 11) is -3.34. The second-order valence-corrected chi connectivity index (χ2v) is 10.2. The van der Waals surface area contributed by atoms with Gasteiger partial charge in [-0.1, -0.05) is 30.7 Å². The number of benzene rings is 2. The van der Waals surface area contributed by atoms with Crippen LogP contribution in [0.1, 0.15) is 47.9 Å². The zero-order valence-electron chi connectivity index (χ0n) is 16.3. The summed E-state index contributed by atoms with van der Waals surface area (Å²) in [5.41, 5.74) is 3.97. The first-order chi connectivity index (χ1) is 13.9. The number of rotatable bonds is 6. The van der Waals surface area contributed by atoms with Crippen molar-refractivity contribution in [1.82, 2.24) is 0 Å². The summed E-state index contributed by atoms with van der Waals surface area (Å²) in [4.78, 5) is 14.3. The summed E-state index contributed by atoms with van der Waals surface area (Å²) in [5, 5.41) is 8.86. The van der Waals surface area contributed by atoms with Crippen molar-refractivity contribution in [2.75, 3.05) is 11.4 Å². The van der Waals surface area contributed by atoms with Crippen molar-refractivity contribution in [3.63, 3.8) is 0 Å². The predicted molar refractivity (Wildman–Crippen MR) is 112 cm³/mol. The van der Waals surface area contributed by atoms with Crippen molar-refractivity contribution >= 4 is 21.4 Å². The molecule has 1 heterocycles. The molecule has 29 heavy (non-hydrogen) atoms. The predicted octanol–water partition coefficient (Wildman–Crippen LogP) is 3.75. The lowest BCUT2D eigenvalue weighted by Crippen LogP contribution is -2.40. The molecule has 0 unspecified atom stereocenters. The van der Waals surface area contributed by atoms with Crippen LogP contribution >= 0.6 is 0 Å². The molecule has 150 valence electrons. The molecule has 2 aromatic carbocycles. The van der Waals surface area contributed by atoms with Gasteiger partial charge in [0.15, 0.2) is 9.84 Å². The molecule has 0 bridgehead atoms. The number of anilines is 1. The maximum atomic E-state index is 12.7. The van der Waals surface area contributed by atoms with Crippen molar-refractivity contribution in [1.29, 1.82) is 5.26 Å². The number of aryl methyl sites for hydroxylation is 1. The number of fused-ring (bicyclic) bond motifs is 1. The van der Waals surface area contributed by atoms with Gasteiger partial charge in [-0.05, 0) is 60.1 Å². The van der Waals surface area contributed by atoms with Gasteiger partial charge in [-0.2, -0.15) is 5.26 Å². The zero-order chi connectivity index (χ0) is 20.4. The van der Waals surface area contributed by atoms with E-state index in [1.54, 1.807) is 24.3 Å². The lowest BCUT2D eigenvalue weighted by Gasteiger charge is -2.36. The van der Waals surface area contributed by atoms with E-state index in [1.165, 1.54) is 19.3 Å². The summed E-state index contributed by atoms with van der Waals surface area (Å²) in [6, 6.07) is 14.4. The van der Waals surface area contributed by atoms with E-state index >= 15 is 0 Å². The van der Waals surface area contributed by atoms with E-state index in [-0.39, 0.29) is 17.4 Å². The molecule has 1 aliphatic carbocycles. The Morgan fingerprint density at radius 2 is 1.69 bits per heavy atom. The van der Waals surface area contributed by atoms with E-state index in [0.717, 1.165) is 23.4 Å². The van der Waals surface area contributed by atoms with Gasteiger partial charge >= 0.3 is 0 Å². The van der Waals surface area contributed by atoms with E-state index in [1.807, 2.05) is 29.2 Å². The van der Waals surface area contributed by atoms with Crippen LogP contribution in [-0.2, 0) is 32.6 Å². The van der Waals surface area contributed by atoms with Gasteiger partial charge in [0.05, 0.1) is 23.1 Å². The zero-order valence-corrected chi connectivity index (χ0v) is 17.1. The van der Waals surface area contributed by atoms with Crippen molar-refractivity contribution in [2.24, 2.45) is 5.92 Å². The Bertz CT molecular complexity index is 1060. The first-order valence-electron chi connectivity index (χ1n) is 10.1. The van der Waals surface area contributed by atoms with Crippen LogP contribution in [0.5, 0.6) is 0 Å². The molecule has 1 saturated carbocycles. The van der Waals surface area contributed by atoms with E-state index < -0.39 is 9.84 Å². The molecular weight excluding hydrogens is 384 g/mol. The summed E-state index contributed by atoms with van der Waals surface area (Å²) >= 11 is 0. The molecule has 0 saturated heterocycles. The fourth-order valence-corrected chi connectivity index (χ4v) is 5.56. The standard InChI is InChI=1S/C23H24N2O3S/c24-13-17-4-6-19(7-5-17)15-29(27,28)16-20-8-10-22-21(12-20)9-11-23(26)25(22)14-18-2-1-3-18/h4-8,10,12,18H,1-3,9,11,14-16H2. The molecule has 0 aromatic heterocycles. The Kier molecular flexibility index (Phi) is 5.42. The van der Waals surface area contributed by atoms with E-state index in [9.17, 15) is 13.2 Å². The Hall–Kier alpha value is -2.65. The first kappa shape index (κ1) is 19.7. The second-order valence-electron chi connectivity index (χ2n) is 8.11. The minimum absolute atomic E-state index is 0.0309. The molecule has 5 nitrogen and oxygen atoms in total. The fraction of sp³-hybridized carbons (Fsp3) is 0.391. The maximum absolute atomic E-state index is 12.7. The highest BCUT2D eigenvalue weighted by Gasteiger charge is 2.29. The quantitative estimate of drug-likeness (QED) is 0.729. The molecule has 1 amide bonds. The number of carbonyl (C=O) groups is 1. The molecule has 0 atom stereocenters. The molecule has 1 aliphatic heterocycles. The third kappa shape index (κ3) is 4.51.